The molecule has 3 nitrogen and oxygen atoms in total. The average Bonchev–Trinajstić information content (AvgIpc) is 2.69. The lowest BCUT2D eigenvalue weighted by molar-refractivity contribution is -0.0427. The fourth-order valence-electron chi connectivity index (χ4n) is 3.35. The number of rotatable bonds is 6. The Hall–Kier alpha value is -1.56. The lowest BCUT2D eigenvalue weighted by Gasteiger charge is -2.41. The molecular formula is C23H28O3S2. The molecule has 0 aliphatic carbocycles. The van der Waals surface area contributed by atoms with Gasteiger partial charge in [0.15, 0.2) is 4.93 Å². The van der Waals surface area contributed by atoms with Crippen LogP contribution >= 0.6 is 11.8 Å². The van der Waals surface area contributed by atoms with Crippen LogP contribution in [-0.4, -0.2) is 20.4 Å². The molecule has 0 fully saturated rings. The van der Waals surface area contributed by atoms with Crippen molar-refractivity contribution in [2.24, 2.45) is 0 Å². The van der Waals surface area contributed by atoms with Crippen LogP contribution in [-0.2, 0) is 15.5 Å². The number of hydrogen-bond acceptors (Lipinski definition) is 4. The summed E-state index contributed by atoms with van der Waals surface area (Å²) < 4.78 is 19.4. The summed E-state index contributed by atoms with van der Waals surface area (Å²) in [6, 6.07) is 16.0. The van der Waals surface area contributed by atoms with Crippen LogP contribution in [0.15, 0.2) is 69.0 Å². The Morgan fingerprint density at radius 3 is 2.18 bits per heavy atom. The van der Waals surface area contributed by atoms with Gasteiger partial charge >= 0.3 is 0 Å². The largest absolute Gasteiger partial charge is 0.477 e. The van der Waals surface area contributed by atoms with Crippen molar-refractivity contribution in [3.05, 3.63) is 70.3 Å². The maximum Gasteiger partial charge on any atom is 0.184 e. The molecule has 0 amide bonds. The third-order valence-electron chi connectivity index (χ3n) is 5.08. The van der Waals surface area contributed by atoms with E-state index in [0.29, 0.717) is 25.0 Å². The molecule has 0 spiro atoms. The van der Waals surface area contributed by atoms with Gasteiger partial charge in [-0.2, -0.15) is 0 Å². The number of aliphatic hydroxyl groups excluding tert-OH is 1. The van der Waals surface area contributed by atoms with Crippen molar-refractivity contribution in [3.63, 3.8) is 0 Å². The second kappa shape index (κ2) is 8.85. The molecule has 1 heterocycles. The Kier molecular flexibility index (Phi) is 6.69. The number of ether oxygens (including phenoxy) is 1. The first-order valence-electron chi connectivity index (χ1n) is 9.65. The quantitative estimate of drug-likeness (QED) is 0.655. The lowest BCUT2D eigenvalue weighted by atomic mass is 10.0. The van der Waals surface area contributed by atoms with Crippen LogP contribution in [0.2, 0.25) is 0 Å². The van der Waals surface area contributed by atoms with Crippen LogP contribution in [0.5, 0.6) is 0 Å². The van der Waals surface area contributed by atoms with Gasteiger partial charge in [-0.05, 0) is 57.9 Å². The fraction of sp³-hybridized carbons (Fsp3) is 0.391. The first kappa shape index (κ1) is 21.2. The zero-order chi connectivity index (χ0) is 20.3. The zero-order valence-electron chi connectivity index (χ0n) is 16.9. The Morgan fingerprint density at radius 1 is 1.07 bits per heavy atom. The van der Waals surface area contributed by atoms with E-state index in [2.05, 4.69) is 31.2 Å². The first-order valence-corrected chi connectivity index (χ1v) is 11.6. The standard InChI is InChI=1S/C23H28O3S2/c1-5-22(24)23(27-19-10-6-16(2)7-11-19)15-14-21(18(4)26-23)28(25)20-12-8-17(3)9-13-20/h6-13,22,24H,5,14-15H2,1-4H3/t22?,23-,28?/m0/s1. The van der Waals surface area contributed by atoms with Crippen molar-refractivity contribution in [2.45, 2.75) is 67.8 Å². The van der Waals surface area contributed by atoms with Crippen LogP contribution in [0, 0.1) is 13.8 Å². The normalized spacial score (nSPS) is 21.9. The summed E-state index contributed by atoms with van der Waals surface area (Å²) in [6.45, 7) is 7.91. The maximum absolute atomic E-state index is 13.1. The van der Waals surface area contributed by atoms with E-state index >= 15 is 0 Å². The maximum atomic E-state index is 13.1. The highest BCUT2D eigenvalue weighted by Crippen LogP contribution is 2.47. The van der Waals surface area contributed by atoms with Gasteiger partial charge in [0, 0.05) is 16.2 Å². The van der Waals surface area contributed by atoms with Crippen LogP contribution in [0.25, 0.3) is 0 Å². The van der Waals surface area contributed by atoms with Crippen LogP contribution in [0.4, 0.5) is 0 Å². The predicted molar refractivity (Wildman–Crippen MR) is 117 cm³/mol. The molecule has 0 saturated heterocycles. The van der Waals surface area contributed by atoms with E-state index < -0.39 is 21.8 Å². The minimum atomic E-state index is -1.24. The molecule has 0 radical (unpaired) electrons. The highest BCUT2D eigenvalue weighted by atomic mass is 32.2. The summed E-state index contributed by atoms with van der Waals surface area (Å²) in [5.41, 5.74) is 2.34. The van der Waals surface area contributed by atoms with E-state index in [1.54, 1.807) is 11.8 Å². The van der Waals surface area contributed by atoms with Crippen LogP contribution in [0.1, 0.15) is 44.2 Å². The summed E-state index contributed by atoms with van der Waals surface area (Å²) in [7, 11) is -1.24. The molecule has 1 aliphatic heterocycles. The van der Waals surface area contributed by atoms with Gasteiger partial charge in [0.25, 0.3) is 0 Å². The topological polar surface area (TPSA) is 46.5 Å². The van der Waals surface area contributed by atoms with Gasteiger partial charge < -0.3 is 9.84 Å². The minimum Gasteiger partial charge on any atom is -0.477 e. The summed E-state index contributed by atoms with van der Waals surface area (Å²) in [4.78, 5) is 1.91. The molecule has 0 aromatic heterocycles. The van der Waals surface area contributed by atoms with Gasteiger partial charge in [0.05, 0.1) is 15.7 Å². The molecule has 150 valence electrons. The molecular weight excluding hydrogens is 388 g/mol. The van der Waals surface area contributed by atoms with Gasteiger partial charge in [-0.3, -0.25) is 0 Å². The fourth-order valence-corrected chi connectivity index (χ4v) is 5.95. The average molecular weight is 417 g/mol. The van der Waals surface area contributed by atoms with Crippen molar-refractivity contribution < 1.29 is 14.1 Å². The molecule has 2 aromatic rings. The van der Waals surface area contributed by atoms with Crippen molar-refractivity contribution in [1.82, 2.24) is 0 Å². The van der Waals surface area contributed by atoms with Crippen molar-refractivity contribution in [1.29, 1.82) is 0 Å². The molecule has 5 heteroatoms. The van der Waals surface area contributed by atoms with Gasteiger partial charge in [-0.1, -0.05) is 54.1 Å². The third-order valence-corrected chi connectivity index (χ3v) is 8.14. The predicted octanol–water partition coefficient (Wildman–Crippen LogP) is 5.71. The monoisotopic (exact) mass is 416 g/mol. The summed E-state index contributed by atoms with van der Waals surface area (Å²) in [5, 5.41) is 10.8. The summed E-state index contributed by atoms with van der Waals surface area (Å²) in [5.74, 6) is 0.664. The molecule has 2 unspecified atom stereocenters. The van der Waals surface area contributed by atoms with Gasteiger partial charge in [0.1, 0.15) is 11.9 Å². The first-order chi connectivity index (χ1) is 13.3. The number of thioether (sulfide) groups is 1. The number of benzene rings is 2. The molecule has 0 saturated carbocycles. The highest BCUT2D eigenvalue weighted by molar-refractivity contribution is 8.00. The number of hydrogen-bond donors (Lipinski definition) is 1. The van der Waals surface area contributed by atoms with E-state index in [0.717, 1.165) is 20.3 Å². The summed E-state index contributed by atoms with van der Waals surface area (Å²) >= 11 is 1.56. The van der Waals surface area contributed by atoms with Gasteiger partial charge in [-0.15, -0.1) is 0 Å². The number of allylic oxidation sites excluding steroid dienone is 2. The summed E-state index contributed by atoms with van der Waals surface area (Å²) in [6.07, 6.45) is 1.25. The molecule has 28 heavy (non-hydrogen) atoms. The Labute approximate surface area is 174 Å². The van der Waals surface area contributed by atoms with Gasteiger partial charge in [-0.25, -0.2) is 4.21 Å². The molecule has 1 N–H and O–H groups in total. The highest BCUT2D eigenvalue weighted by Gasteiger charge is 2.44. The molecule has 3 rings (SSSR count). The van der Waals surface area contributed by atoms with E-state index in [4.69, 9.17) is 4.74 Å². The smallest absolute Gasteiger partial charge is 0.184 e. The molecule has 0 bridgehead atoms. The van der Waals surface area contributed by atoms with Crippen molar-refractivity contribution >= 4 is 22.6 Å². The third kappa shape index (κ3) is 4.53. The number of aliphatic hydroxyl groups is 1. The molecule has 3 atom stereocenters. The van der Waals surface area contributed by atoms with E-state index in [-0.39, 0.29) is 0 Å². The zero-order valence-corrected chi connectivity index (χ0v) is 18.5. The Morgan fingerprint density at radius 2 is 1.64 bits per heavy atom. The Bertz CT molecular complexity index is 872. The van der Waals surface area contributed by atoms with Crippen molar-refractivity contribution in [3.8, 4) is 0 Å². The molecule has 2 aromatic carbocycles. The minimum absolute atomic E-state index is 0.600. The van der Waals surface area contributed by atoms with Crippen molar-refractivity contribution in [2.75, 3.05) is 0 Å². The second-order valence-electron chi connectivity index (χ2n) is 7.31. The van der Waals surface area contributed by atoms with Crippen LogP contribution in [0.3, 0.4) is 0 Å². The van der Waals surface area contributed by atoms with Crippen LogP contribution < -0.4 is 0 Å². The van der Waals surface area contributed by atoms with E-state index in [9.17, 15) is 9.32 Å². The van der Waals surface area contributed by atoms with E-state index in [1.807, 2.05) is 45.0 Å². The SMILES string of the molecule is CCC(O)[C@@]1(Sc2ccc(C)cc2)CCC(S(=O)c2ccc(C)cc2)=C(C)O1. The molecule has 1 aliphatic rings. The number of aryl methyl sites for hydroxylation is 2. The lowest BCUT2D eigenvalue weighted by Crippen LogP contribution is -2.43. The van der Waals surface area contributed by atoms with E-state index in [1.165, 1.54) is 5.56 Å². The Balaban J connectivity index is 1.88. The second-order valence-corrected chi connectivity index (χ2v) is 10.2. The van der Waals surface area contributed by atoms with Gasteiger partial charge in [0.2, 0.25) is 0 Å².